The molecule has 0 radical (unpaired) electrons. The molecular formula is C17H24F2N2O2. The molecule has 1 aliphatic rings. The van der Waals surface area contributed by atoms with Gasteiger partial charge in [-0.25, -0.2) is 13.6 Å². The van der Waals surface area contributed by atoms with E-state index < -0.39 is 12.0 Å². The lowest BCUT2D eigenvalue weighted by atomic mass is 10.1. The minimum atomic E-state index is -2.47. The van der Waals surface area contributed by atoms with Crippen molar-refractivity contribution in [2.75, 3.05) is 31.1 Å². The summed E-state index contributed by atoms with van der Waals surface area (Å²) >= 11 is 0. The molecule has 1 aromatic rings. The Labute approximate surface area is 136 Å². The summed E-state index contributed by atoms with van der Waals surface area (Å²) in [5.74, 6) is 0. The molecule has 0 unspecified atom stereocenters. The van der Waals surface area contributed by atoms with Crippen molar-refractivity contribution >= 4 is 11.8 Å². The monoisotopic (exact) mass is 326 g/mol. The van der Waals surface area contributed by atoms with Crippen LogP contribution in [0.1, 0.15) is 38.3 Å². The molecule has 0 saturated carbocycles. The fourth-order valence-corrected chi connectivity index (χ4v) is 2.68. The Morgan fingerprint density at radius 3 is 2.30 bits per heavy atom. The number of alkyl halides is 2. The number of anilines is 1. The summed E-state index contributed by atoms with van der Waals surface area (Å²) in [5, 5.41) is 0. The van der Waals surface area contributed by atoms with E-state index in [2.05, 4.69) is 0 Å². The number of carbonyl (C=O) groups excluding carboxylic acids is 1. The van der Waals surface area contributed by atoms with Gasteiger partial charge in [-0.15, -0.1) is 0 Å². The molecule has 1 fully saturated rings. The molecule has 128 valence electrons. The van der Waals surface area contributed by atoms with Gasteiger partial charge in [0.1, 0.15) is 5.60 Å². The van der Waals surface area contributed by atoms with Gasteiger partial charge in [-0.1, -0.05) is 12.1 Å². The number of ether oxygens (including phenoxy) is 1. The van der Waals surface area contributed by atoms with E-state index in [0.717, 1.165) is 5.69 Å². The lowest BCUT2D eigenvalue weighted by molar-refractivity contribution is 0.0240. The van der Waals surface area contributed by atoms with E-state index in [4.69, 9.17) is 4.74 Å². The third kappa shape index (κ3) is 4.33. The van der Waals surface area contributed by atoms with Gasteiger partial charge in [0.05, 0.1) is 0 Å². The van der Waals surface area contributed by atoms with Gasteiger partial charge in [-0.3, -0.25) is 0 Å². The molecule has 0 aliphatic carbocycles. The van der Waals surface area contributed by atoms with E-state index in [1.54, 1.807) is 17.9 Å². The Hall–Kier alpha value is -1.85. The zero-order valence-electron chi connectivity index (χ0n) is 14.1. The van der Waals surface area contributed by atoms with E-state index in [-0.39, 0.29) is 11.7 Å². The average molecular weight is 326 g/mol. The molecule has 1 aliphatic heterocycles. The number of rotatable bonds is 2. The zero-order chi connectivity index (χ0) is 17.2. The summed E-state index contributed by atoms with van der Waals surface area (Å²) in [4.78, 5) is 15.8. The minimum absolute atomic E-state index is 0.0667. The maximum Gasteiger partial charge on any atom is 0.410 e. The molecule has 1 heterocycles. The smallest absolute Gasteiger partial charge is 0.410 e. The van der Waals surface area contributed by atoms with Crippen molar-refractivity contribution in [1.82, 2.24) is 4.90 Å². The molecule has 2 rings (SSSR count). The number of hydrogen-bond donors (Lipinski definition) is 0. The van der Waals surface area contributed by atoms with Crippen LogP contribution in [-0.4, -0.2) is 42.8 Å². The van der Waals surface area contributed by atoms with Gasteiger partial charge < -0.3 is 14.5 Å². The van der Waals surface area contributed by atoms with Crippen LogP contribution in [0.15, 0.2) is 18.2 Å². The molecule has 4 nitrogen and oxygen atoms in total. The largest absolute Gasteiger partial charge is 0.444 e. The molecule has 1 aromatic carbocycles. The molecule has 0 bridgehead atoms. The van der Waals surface area contributed by atoms with Crippen LogP contribution in [-0.2, 0) is 4.74 Å². The van der Waals surface area contributed by atoms with Crippen LogP contribution >= 0.6 is 0 Å². The fourth-order valence-electron chi connectivity index (χ4n) is 2.68. The van der Waals surface area contributed by atoms with Crippen molar-refractivity contribution < 1.29 is 18.3 Å². The predicted octanol–water partition coefficient (Wildman–Crippen LogP) is 3.99. The Bertz CT molecular complexity index is 562. The van der Waals surface area contributed by atoms with Gasteiger partial charge in [0.2, 0.25) is 0 Å². The Morgan fingerprint density at radius 2 is 1.78 bits per heavy atom. The molecule has 6 heteroatoms. The van der Waals surface area contributed by atoms with E-state index in [0.29, 0.717) is 31.7 Å². The van der Waals surface area contributed by atoms with Gasteiger partial charge in [-0.2, -0.15) is 0 Å². The Morgan fingerprint density at radius 1 is 1.17 bits per heavy atom. The number of amides is 1. The van der Waals surface area contributed by atoms with Crippen molar-refractivity contribution in [3.63, 3.8) is 0 Å². The van der Waals surface area contributed by atoms with Crippen LogP contribution in [0, 0.1) is 6.92 Å². The van der Waals surface area contributed by atoms with E-state index >= 15 is 0 Å². The summed E-state index contributed by atoms with van der Waals surface area (Å²) in [6.07, 6.45) is -2.80. The zero-order valence-corrected chi connectivity index (χ0v) is 14.1. The first-order valence-electron chi connectivity index (χ1n) is 7.79. The summed E-state index contributed by atoms with van der Waals surface area (Å²) in [5.41, 5.74) is 0.966. The summed E-state index contributed by atoms with van der Waals surface area (Å²) in [6, 6.07) is 4.97. The second-order valence-corrected chi connectivity index (χ2v) is 6.75. The van der Waals surface area contributed by atoms with Gasteiger partial charge in [0.15, 0.2) is 0 Å². The van der Waals surface area contributed by atoms with Crippen LogP contribution < -0.4 is 4.90 Å². The SMILES string of the molecule is Cc1c(C(F)F)cccc1N1CCN(C(=O)OC(C)(C)C)CC1. The van der Waals surface area contributed by atoms with Crippen LogP contribution in [0.5, 0.6) is 0 Å². The summed E-state index contributed by atoms with van der Waals surface area (Å²) in [7, 11) is 0. The first kappa shape index (κ1) is 17.5. The predicted molar refractivity (Wildman–Crippen MR) is 86.2 cm³/mol. The van der Waals surface area contributed by atoms with Crippen molar-refractivity contribution in [2.24, 2.45) is 0 Å². The maximum absolute atomic E-state index is 13.0. The highest BCUT2D eigenvalue weighted by Gasteiger charge is 2.27. The number of carbonyl (C=O) groups is 1. The number of nitrogens with zero attached hydrogens (tertiary/aromatic N) is 2. The molecule has 0 atom stereocenters. The van der Waals surface area contributed by atoms with Gasteiger partial charge >= 0.3 is 6.09 Å². The van der Waals surface area contributed by atoms with Crippen molar-refractivity contribution in [3.8, 4) is 0 Å². The standard InChI is InChI=1S/C17H24F2N2O2/c1-12-13(15(18)19)6-5-7-14(12)20-8-10-21(11-9-20)16(22)23-17(2,3)4/h5-7,15H,8-11H2,1-4H3. The molecule has 0 spiro atoms. The second kappa shape index (κ2) is 6.72. The third-order valence-electron chi connectivity index (χ3n) is 3.85. The normalized spacial score (nSPS) is 16.0. The number of piperazine rings is 1. The van der Waals surface area contributed by atoms with Crippen LogP contribution in [0.4, 0.5) is 19.3 Å². The summed E-state index contributed by atoms with van der Waals surface area (Å²) < 4.78 is 31.4. The highest BCUT2D eigenvalue weighted by atomic mass is 19.3. The lowest BCUT2D eigenvalue weighted by Gasteiger charge is -2.37. The first-order chi connectivity index (χ1) is 10.7. The topological polar surface area (TPSA) is 32.8 Å². The molecule has 0 aromatic heterocycles. The first-order valence-corrected chi connectivity index (χ1v) is 7.79. The van der Waals surface area contributed by atoms with Crippen molar-refractivity contribution in [1.29, 1.82) is 0 Å². The molecule has 0 N–H and O–H groups in total. The lowest BCUT2D eigenvalue weighted by Crippen LogP contribution is -2.50. The fraction of sp³-hybridized carbons (Fsp3) is 0.588. The second-order valence-electron chi connectivity index (χ2n) is 6.75. The molecule has 1 amide bonds. The quantitative estimate of drug-likeness (QED) is 0.824. The highest BCUT2D eigenvalue weighted by Crippen LogP contribution is 2.30. The summed E-state index contributed by atoms with van der Waals surface area (Å²) in [6.45, 7) is 9.47. The van der Waals surface area contributed by atoms with Crippen molar-refractivity contribution in [2.45, 2.75) is 39.7 Å². The highest BCUT2D eigenvalue weighted by molar-refractivity contribution is 5.69. The van der Waals surface area contributed by atoms with Gasteiger partial charge in [-0.05, 0) is 39.3 Å². The number of halogens is 2. The van der Waals surface area contributed by atoms with Crippen LogP contribution in [0.25, 0.3) is 0 Å². The van der Waals surface area contributed by atoms with Crippen LogP contribution in [0.2, 0.25) is 0 Å². The van der Waals surface area contributed by atoms with E-state index in [1.807, 2.05) is 31.7 Å². The maximum atomic E-state index is 13.0. The number of benzene rings is 1. The third-order valence-corrected chi connectivity index (χ3v) is 3.85. The molecule has 23 heavy (non-hydrogen) atoms. The minimum Gasteiger partial charge on any atom is -0.444 e. The van der Waals surface area contributed by atoms with Gasteiger partial charge in [0, 0.05) is 37.4 Å². The number of hydrogen-bond acceptors (Lipinski definition) is 3. The molecular weight excluding hydrogens is 302 g/mol. The van der Waals surface area contributed by atoms with Crippen molar-refractivity contribution in [3.05, 3.63) is 29.3 Å². The molecule has 1 saturated heterocycles. The van der Waals surface area contributed by atoms with Crippen LogP contribution in [0.3, 0.4) is 0 Å². The Kier molecular flexibility index (Phi) is 5.12. The Balaban J connectivity index is 2.03. The van der Waals surface area contributed by atoms with Gasteiger partial charge in [0.25, 0.3) is 6.43 Å². The van der Waals surface area contributed by atoms with E-state index in [1.165, 1.54) is 6.07 Å². The average Bonchev–Trinajstić information content (AvgIpc) is 2.45. The van der Waals surface area contributed by atoms with E-state index in [9.17, 15) is 13.6 Å².